The molecule has 0 bridgehead atoms. The third kappa shape index (κ3) is 4.11. The van der Waals surface area contributed by atoms with E-state index in [1.54, 1.807) is 0 Å². The number of aryl methyl sites for hydroxylation is 1. The summed E-state index contributed by atoms with van der Waals surface area (Å²) in [6.45, 7) is 9.42. The van der Waals surface area contributed by atoms with Crippen LogP contribution in [-0.4, -0.2) is 54.2 Å². The third-order valence-electron chi connectivity index (χ3n) is 7.39. The maximum atomic E-state index is 13.8. The van der Waals surface area contributed by atoms with Crippen molar-refractivity contribution in [2.45, 2.75) is 52.1 Å². The summed E-state index contributed by atoms with van der Waals surface area (Å²) in [7, 11) is 0. The van der Waals surface area contributed by atoms with Crippen LogP contribution in [0, 0.1) is 6.92 Å². The molecule has 0 saturated carbocycles. The number of hydrogen-bond acceptors (Lipinski definition) is 5. The number of morpholine rings is 1. The number of piperidine rings is 1. The lowest BCUT2D eigenvalue weighted by molar-refractivity contribution is 0.0511. The number of fused-ring (bicyclic) bond motifs is 1. The minimum absolute atomic E-state index is 0.128. The molecule has 6 heteroatoms. The van der Waals surface area contributed by atoms with Gasteiger partial charge in [0, 0.05) is 36.1 Å². The van der Waals surface area contributed by atoms with Gasteiger partial charge in [0.05, 0.1) is 24.4 Å². The first-order valence-electron chi connectivity index (χ1n) is 12.4. The van der Waals surface area contributed by atoms with Gasteiger partial charge in [-0.3, -0.25) is 4.79 Å². The first-order chi connectivity index (χ1) is 16.4. The SMILES string of the molecule is Cc1cccc(C(=O)N2[C@H](C)CCC[C@@H]2C)c1-c1ccc2nc(N)c(N3CCOCC3)cc2c1. The van der Waals surface area contributed by atoms with Crippen molar-refractivity contribution < 1.29 is 9.53 Å². The van der Waals surface area contributed by atoms with Crippen molar-refractivity contribution in [3.8, 4) is 11.1 Å². The molecule has 178 valence electrons. The Balaban J connectivity index is 1.58. The van der Waals surface area contributed by atoms with E-state index in [1.807, 2.05) is 18.2 Å². The highest BCUT2D eigenvalue weighted by molar-refractivity contribution is 6.03. The Morgan fingerprint density at radius 1 is 1.06 bits per heavy atom. The average Bonchev–Trinajstić information content (AvgIpc) is 2.83. The quantitative estimate of drug-likeness (QED) is 0.596. The van der Waals surface area contributed by atoms with Crippen LogP contribution in [0.1, 0.15) is 49.0 Å². The number of likely N-dealkylation sites (tertiary alicyclic amines) is 1. The smallest absolute Gasteiger partial charge is 0.254 e. The first-order valence-corrected chi connectivity index (χ1v) is 12.4. The normalized spacial score (nSPS) is 21.1. The molecule has 5 rings (SSSR count). The third-order valence-corrected chi connectivity index (χ3v) is 7.39. The fourth-order valence-corrected chi connectivity index (χ4v) is 5.58. The van der Waals surface area contributed by atoms with Gasteiger partial charge in [-0.25, -0.2) is 4.98 Å². The fourth-order valence-electron chi connectivity index (χ4n) is 5.58. The summed E-state index contributed by atoms with van der Waals surface area (Å²) >= 11 is 0. The van der Waals surface area contributed by atoms with Crippen molar-refractivity contribution in [2.24, 2.45) is 0 Å². The Morgan fingerprint density at radius 2 is 1.79 bits per heavy atom. The topological polar surface area (TPSA) is 71.7 Å². The molecular formula is C28H34N4O2. The molecule has 0 aliphatic carbocycles. The second-order valence-corrected chi connectivity index (χ2v) is 9.74. The number of pyridine rings is 1. The van der Waals surface area contributed by atoms with Crippen LogP contribution < -0.4 is 10.6 Å². The minimum atomic E-state index is 0.128. The van der Waals surface area contributed by atoms with Crippen LogP contribution in [0.4, 0.5) is 11.5 Å². The zero-order chi connectivity index (χ0) is 23.8. The molecule has 2 aliphatic heterocycles. The Labute approximate surface area is 201 Å². The van der Waals surface area contributed by atoms with Gasteiger partial charge in [0.25, 0.3) is 5.91 Å². The molecule has 0 spiro atoms. The van der Waals surface area contributed by atoms with E-state index in [-0.39, 0.29) is 18.0 Å². The molecular weight excluding hydrogens is 424 g/mol. The van der Waals surface area contributed by atoms with Gasteiger partial charge in [-0.1, -0.05) is 18.2 Å². The van der Waals surface area contributed by atoms with Gasteiger partial charge in [0.1, 0.15) is 5.82 Å². The molecule has 2 atom stereocenters. The summed E-state index contributed by atoms with van der Waals surface area (Å²) in [5.74, 6) is 0.671. The van der Waals surface area contributed by atoms with Crippen molar-refractivity contribution in [1.29, 1.82) is 0 Å². The summed E-state index contributed by atoms with van der Waals surface area (Å²) < 4.78 is 5.50. The van der Waals surface area contributed by atoms with Crippen LogP contribution in [0.3, 0.4) is 0 Å². The second-order valence-electron chi connectivity index (χ2n) is 9.74. The zero-order valence-corrected chi connectivity index (χ0v) is 20.4. The number of amides is 1. The van der Waals surface area contributed by atoms with Crippen molar-refractivity contribution in [3.63, 3.8) is 0 Å². The second kappa shape index (κ2) is 9.26. The van der Waals surface area contributed by atoms with Gasteiger partial charge in [-0.05, 0) is 81.0 Å². The highest BCUT2D eigenvalue weighted by Gasteiger charge is 2.31. The molecule has 0 radical (unpaired) electrons. The summed E-state index contributed by atoms with van der Waals surface area (Å²) in [6, 6.07) is 14.9. The summed E-state index contributed by atoms with van der Waals surface area (Å²) in [5, 5.41) is 1.02. The van der Waals surface area contributed by atoms with Crippen LogP contribution in [0.5, 0.6) is 0 Å². The van der Waals surface area contributed by atoms with E-state index < -0.39 is 0 Å². The molecule has 2 aliphatic rings. The number of nitrogen functional groups attached to an aromatic ring is 1. The molecule has 1 amide bonds. The van der Waals surface area contributed by atoms with Gasteiger partial charge in [0.15, 0.2) is 0 Å². The first kappa shape index (κ1) is 22.7. The minimum Gasteiger partial charge on any atom is -0.382 e. The predicted octanol–water partition coefficient (Wildman–Crippen LogP) is 5.03. The maximum absolute atomic E-state index is 13.8. The average molecular weight is 459 g/mol. The Bertz CT molecular complexity index is 1210. The van der Waals surface area contributed by atoms with E-state index in [9.17, 15) is 4.79 Å². The number of nitrogens with zero attached hydrogens (tertiary/aromatic N) is 3. The Morgan fingerprint density at radius 3 is 2.53 bits per heavy atom. The van der Waals surface area contributed by atoms with E-state index in [0.717, 1.165) is 64.8 Å². The molecule has 34 heavy (non-hydrogen) atoms. The summed E-state index contributed by atoms with van der Waals surface area (Å²) in [5.41, 5.74) is 12.0. The fraction of sp³-hybridized carbons (Fsp3) is 0.429. The number of rotatable bonds is 3. The molecule has 6 nitrogen and oxygen atoms in total. The van der Waals surface area contributed by atoms with E-state index in [4.69, 9.17) is 10.5 Å². The molecule has 3 aromatic rings. The van der Waals surface area contributed by atoms with Gasteiger partial charge in [-0.15, -0.1) is 0 Å². The molecule has 3 heterocycles. The zero-order valence-electron chi connectivity index (χ0n) is 20.4. The van der Waals surface area contributed by atoms with Crippen LogP contribution in [0.2, 0.25) is 0 Å². The standard InChI is InChI=1S/C28H34N4O2/c1-18-6-4-9-23(28(33)32-19(2)7-5-8-20(32)3)26(18)21-10-11-24-22(16-21)17-25(27(29)30-24)31-12-14-34-15-13-31/h4,6,9-11,16-17,19-20H,5,7-8,12-15H2,1-3H3,(H2,29,30)/t19-,20+. The number of carbonyl (C=O) groups excluding carboxylic acids is 1. The van der Waals surface area contributed by atoms with Crippen LogP contribution >= 0.6 is 0 Å². The van der Waals surface area contributed by atoms with Crippen molar-refractivity contribution in [2.75, 3.05) is 36.9 Å². The Kier molecular flexibility index (Phi) is 6.17. The highest BCUT2D eigenvalue weighted by atomic mass is 16.5. The molecule has 1 aromatic heterocycles. The van der Waals surface area contributed by atoms with Crippen LogP contribution in [0.15, 0.2) is 42.5 Å². The van der Waals surface area contributed by atoms with Crippen molar-refractivity contribution in [3.05, 3.63) is 53.6 Å². The van der Waals surface area contributed by atoms with Gasteiger partial charge >= 0.3 is 0 Å². The molecule has 2 saturated heterocycles. The predicted molar refractivity (Wildman–Crippen MR) is 138 cm³/mol. The molecule has 0 unspecified atom stereocenters. The number of benzene rings is 2. The number of ether oxygens (including phenoxy) is 1. The number of anilines is 2. The molecule has 2 aromatic carbocycles. The lowest BCUT2D eigenvalue weighted by Crippen LogP contribution is -2.47. The maximum Gasteiger partial charge on any atom is 0.254 e. The lowest BCUT2D eigenvalue weighted by Gasteiger charge is -2.39. The molecule has 2 N–H and O–H groups in total. The number of hydrogen-bond donors (Lipinski definition) is 1. The summed E-state index contributed by atoms with van der Waals surface area (Å²) in [6.07, 6.45) is 3.30. The number of nitrogens with two attached hydrogens (primary N) is 1. The van der Waals surface area contributed by atoms with E-state index in [0.29, 0.717) is 19.0 Å². The molecule has 2 fully saturated rings. The lowest BCUT2D eigenvalue weighted by atomic mass is 9.91. The van der Waals surface area contributed by atoms with Crippen LogP contribution in [-0.2, 0) is 4.74 Å². The van der Waals surface area contributed by atoms with Crippen LogP contribution in [0.25, 0.3) is 22.0 Å². The highest BCUT2D eigenvalue weighted by Crippen LogP contribution is 2.35. The monoisotopic (exact) mass is 458 g/mol. The van der Waals surface area contributed by atoms with Gasteiger partial charge in [-0.2, -0.15) is 0 Å². The Hall–Kier alpha value is -3.12. The van der Waals surface area contributed by atoms with E-state index in [1.165, 1.54) is 6.42 Å². The van der Waals surface area contributed by atoms with E-state index in [2.05, 4.69) is 59.8 Å². The number of aromatic nitrogens is 1. The number of carbonyl (C=O) groups is 1. The van der Waals surface area contributed by atoms with Gasteiger partial charge < -0.3 is 20.3 Å². The van der Waals surface area contributed by atoms with Crippen molar-refractivity contribution >= 4 is 28.3 Å². The largest absolute Gasteiger partial charge is 0.382 e. The van der Waals surface area contributed by atoms with Gasteiger partial charge in [0.2, 0.25) is 0 Å². The van der Waals surface area contributed by atoms with E-state index >= 15 is 0 Å². The summed E-state index contributed by atoms with van der Waals surface area (Å²) in [4.78, 5) is 22.8. The van der Waals surface area contributed by atoms with Crippen molar-refractivity contribution in [1.82, 2.24) is 9.88 Å².